The largest absolute Gasteiger partial charge is 0.0776 e. The van der Waals surface area contributed by atoms with Gasteiger partial charge in [-0.05, 0) is 0 Å². The van der Waals surface area contributed by atoms with Gasteiger partial charge in [0.25, 0.3) is 0 Å². The third-order valence-electron chi connectivity index (χ3n) is 0.500. The van der Waals surface area contributed by atoms with Crippen LogP contribution in [-0.4, -0.2) is 0 Å². The number of hydrogen-bond acceptors (Lipinski definition) is 0. The van der Waals surface area contributed by atoms with Crippen molar-refractivity contribution in [2.45, 2.75) is 96.9 Å². The Morgan fingerprint density at radius 3 is 0.571 bits per heavy atom. The summed E-state index contributed by atoms with van der Waals surface area (Å²) in [5.41, 5.74) is 0. The molecule has 0 heterocycles. The Bertz CT molecular complexity index is 7.51. The molecule has 0 amide bonds. The van der Waals surface area contributed by atoms with Gasteiger partial charge in [0.1, 0.15) is 0 Å². The summed E-state index contributed by atoms with van der Waals surface area (Å²) in [7, 11) is 0. The molecule has 0 rings (SSSR count). The quantitative estimate of drug-likeness (QED) is 0.430. The van der Waals surface area contributed by atoms with E-state index in [0.717, 1.165) is 0 Å². The van der Waals surface area contributed by atoms with Gasteiger partial charge in [-0.2, -0.15) is 0 Å². The van der Waals surface area contributed by atoms with Crippen molar-refractivity contribution in [2.75, 3.05) is 0 Å². The summed E-state index contributed by atoms with van der Waals surface area (Å²) in [6.07, 6.45) is 3.89. The van der Waals surface area contributed by atoms with Gasteiger partial charge in [-0.3, -0.25) is 0 Å². The molecule has 0 bridgehead atoms. The molecule has 0 aliphatic carbocycles. The Morgan fingerprint density at radius 2 is 0.571 bits per heavy atom. The van der Waals surface area contributed by atoms with E-state index in [1.54, 1.807) is 0 Å². The molecule has 0 aromatic heterocycles. The minimum atomic E-state index is 0. The summed E-state index contributed by atoms with van der Waals surface area (Å²) in [4.78, 5) is 0. The molecule has 0 saturated carbocycles. The molecule has 0 aliphatic heterocycles. The van der Waals surface area contributed by atoms with Crippen molar-refractivity contribution in [3.63, 3.8) is 0 Å². The zero-order valence-corrected chi connectivity index (χ0v) is 10.1. The van der Waals surface area contributed by atoms with Crippen molar-refractivity contribution in [2.24, 2.45) is 0 Å². The Labute approximate surface area is 97.5 Å². The van der Waals surface area contributed by atoms with Crippen LogP contribution in [0.15, 0.2) is 0 Å². The van der Waals surface area contributed by atoms with Gasteiger partial charge in [-0.1, -0.05) is 96.9 Å². The van der Waals surface area contributed by atoms with Crippen LogP contribution in [0.1, 0.15) is 96.9 Å². The summed E-state index contributed by atoms with van der Waals surface area (Å²) >= 11 is 0. The van der Waals surface area contributed by atoms with Crippen LogP contribution in [-0.2, 0) is 0 Å². The van der Waals surface area contributed by atoms with E-state index in [1.165, 1.54) is 19.3 Å². The minimum absolute atomic E-state index is 0. The molecule has 0 aromatic rings. The van der Waals surface area contributed by atoms with Crippen molar-refractivity contribution in [3.8, 4) is 0 Å². The van der Waals surface area contributed by atoms with Crippen LogP contribution in [0.4, 0.5) is 0 Å². The standard InChI is InChI=1S/C4H10.C3H8.2C2H6.3CH4/c1-3-4-2;1-3-2;2*1-2;;;/h3-4H2,1-2H3;3H2,1-2H3;2*1-2H3;3*1H4. The van der Waals surface area contributed by atoms with E-state index in [1.807, 2.05) is 27.7 Å². The average molecular weight is 210 g/mol. The van der Waals surface area contributed by atoms with Crippen molar-refractivity contribution in [3.05, 3.63) is 0 Å². The van der Waals surface area contributed by atoms with Gasteiger partial charge in [-0.25, -0.2) is 0 Å². The second kappa shape index (κ2) is 208. The maximum atomic E-state index is 2.18. The molecule has 0 N–H and O–H groups in total. The first-order chi connectivity index (χ1) is 5.33. The molecule has 0 radical (unpaired) electrons. The highest BCUT2D eigenvalue weighted by Gasteiger charge is 1.56. The summed E-state index contributed by atoms with van der Waals surface area (Å²) in [6, 6.07) is 0. The molecule has 0 atom stereocenters. The van der Waals surface area contributed by atoms with E-state index in [9.17, 15) is 0 Å². The van der Waals surface area contributed by atoms with Crippen LogP contribution in [0.25, 0.3) is 0 Å². The topological polar surface area (TPSA) is 0 Å². The highest BCUT2D eigenvalue weighted by Crippen LogP contribution is 1.76. The van der Waals surface area contributed by atoms with Crippen LogP contribution in [0, 0.1) is 0 Å². The van der Waals surface area contributed by atoms with Crippen LogP contribution in [0.2, 0.25) is 0 Å². The lowest BCUT2D eigenvalue weighted by molar-refractivity contribution is 0.886. The second-order valence-electron chi connectivity index (χ2n) is 1.71. The monoisotopic (exact) mass is 210 g/mol. The van der Waals surface area contributed by atoms with E-state index < -0.39 is 0 Å². The molecular formula is C14H42. The molecule has 0 heteroatoms. The fraction of sp³-hybridized carbons (Fsp3) is 1.00. The highest BCUT2D eigenvalue weighted by molar-refractivity contribution is 4.12. The van der Waals surface area contributed by atoms with Crippen molar-refractivity contribution < 1.29 is 0 Å². The van der Waals surface area contributed by atoms with Crippen LogP contribution in [0.3, 0.4) is 0 Å². The molecule has 0 spiro atoms. The van der Waals surface area contributed by atoms with E-state index in [2.05, 4.69) is 27.7 Å². The highest BCUT2D eigenvalue weighted by atomic mass is 13.6. The first kappa shape index (κ1) is 48.3. The SMILES string of the molecule is C.C.C.CC.CC.CCC.CCCC. The Balaban J connectivity index is -0.00000000908. The number of unbranched alkanes of at least 4 members (excludes halogenated alkanes) is 1. The van der Waals surface area contributed by atoms with Crippen molar-refractivity contribution >= 4 is 0 Å². The Hall–Kier alpha value is 0. The third-order valence-corrected chi connectivity index (χ3v) is 0.500. The smallest absolute Gasteiger partial charge is 0.0564 e. The van der Waals surface area contributed by atoms with Gasteiger partial charge >= 0.3 is 0 Å². The minimum Gasteiger partial charge on any atom is -0.0776 e. The Kier molecular flexibility index (Phi) is 717. The zero-order valence-electron chi connectivity index (χ0n) is 10.1. The summed E-state index contributed by atoms with van der Waals surface area (Å²) in [5.74, 6) is 0. The summed E-state index contributed by atoms with van der Waals surface area (Å²) < 4.78 is 0. The van der Waals surface area contributed by atoms with Gasteiger partial charge in [0.2, 0.25) is 0 Å². The molecule has 0 aromatic carbocycles. The fourth-order valence-corrected chi connectivity index (χ4v) is 0. The maximum Gasteiger partial charge on any atom is -0.0564 e. The molecular weight excluding hydrogens is 168 g/mol. The molecule has 0 fully saturated rings. The lowest BCUT2D eigenvalue weighted by atomic mass is 10.4. The van der Waals surface area contributed by atoms with Gasteiger partial charge in [0.05, 0.1) is 0 Å². The average Bonchev–Trinajstić information content (AvgIpc) is 2.12. The van der Waals surface area contributed by atoms with Crippen LogP contribution >= 0.6 is 0 Å². The second-order valence-corrected chi connectivity index (χ2v) is 1.71. The zero-order chi connectivity index (χ0) is 10.1. The summed E-state index contributed by atoms with van der Waals surface area (Å²) in [5, 5.41) is 0. The number of hydrogen-bond donors (Lipinski definition) is 0. The van der Waals surface area contributed by atoms with Crippen LogP contribution in [0.5, 0.6) is 0 Å². The van der Waals surface area contributed by atoms with E-state index >= 15 is 0 Å². The molecule has 0 nitrogen and oxygen atoms in total. The fourth-order valence-electron chi connectivity index (χ4n) is 0. The lowest BCUT2D eigenvalue weighted by Gasteiger charge is -1.68. The van der Waals surface area contributed by atoms with E-state index in [0.29, 0.717) is 0 Å². The van der Waals surface area contributed by atoms with Crippen LogP contribution < -0.4 is 0 Å². The van der Waals surface area contributed by atoms with Gasteiger partial charge in [0.15, 0.2) is 0 Å². The first-order valence-corrected chi connectivity index (χ1v) is 5.33. The van der Waals surface area contributed by atoms with Gasteiger partial charge < -0.3 is 0 Å². The Morgan fingerprint density at radius 1 is 0.500 bits per heavy atom. The molecule has 0 aliphatic rings. The molecule has 0 saturated heterocycles. The van der Waals surface area contributed by atoms with E-state index in [4.69, 9.17) is 0 Å². The van der Waals surface area contributed by atoms with Crippen molar-refractivity contribution in [1.29, 1.82) is 0 Å². The van der Waals surface area contributed by atoms with Crippen molar-refractivity contribution in [1.82, 2.24) is 0 Å². The number of rotatable bonds is 1. The molecule has 0 unspecified atom stereocenters. The molecule has 14 heavy (non-hydrogen) atoms. The normalized spacial score (nSPS) is 4.29. The molecule has 98 valence electrons. The van der Waals surface area contributed by atoms with Gasteiger partial charge in [0, 0.05) is 0 Å². The maximum absolute atomic E-state index is 2.18. The summed E-state index contributed by atoms with van der Waals surface area (Å²) in [6.45, 7) is 16.6. The van der Waals surface area contributed by atoms with Gasteiger partial charge in [-0.15, -0.1) is 0 Å². The first-order valence-electron chi connectivity index (χ1n) is 5.33. The lowest BCUT2D eigenvalue weighted by Crippen LogP contribution is -1.47. The van der Waals surface area contributed by atoms with E-state index in [-0.39, 0.29) is 22.3 Å². The predicted molar refractivity (Wildman–Crippen MR) is 79.4 cm³/mol. The predicted octanol–water partition coefficient (Wildman–Crippen LogP) is 7.18. The third kappa shape index (κ3) is 1450.